The van der Waals surface area contributed by atoms with Crippen LogP contribution in [0.4, 0.5) is 0 Å². The Labute approximate surface area is 349 Å². The van der Waals surface area contributed by atoms with Crippen LogP contribution in [-0.4, -0.2) is 4.98 Å². The van der Waals surface area contributed by atoms with Crippen LogP contribution in [0.15, 0.2) is 205 Å². The van der Waals surface area contributed by atoms with Crippen molar-refractivity contribution in [3.63, 3.8) is 0 Å². The number of rotatable bonds is 3. The number of hydrogen-bond acceptors (Lipinski definition) is 2. The normalized spacial score (nSPS) is 12.3. The second kappa shape index (κ2) is 12.2. The van der Waals surface area contributed by atoms with Gasteiger partial charge in [0.05, 0.1) is 0 Å². The van der Waals surface area contributed by atoms with Gasteiger partial charge in [0.15, 0.2) is 0 Å². The van der Waals surface area contributed by atoms with Crippen LogP contribution in [0.1, 0.15) is 0 Å². The number of furan rings is 1. The molecule has 2 heteroatoms. The van der Waals surface area contributed by atoms with E-state index in [4.69, 9.17) is 4.42 Å². The summed E-state index contributed by atoms with van der Waals surface area (Å²) in [4.78, 5) is 4.27. The van der Waals surface area contributed by atoms with Gasteiger partial charge >= 0.3 is 0 Å². The maximum absolute atomic E-state index is 6.98. The summed E-state index contributed by atoms with van der Waals surface area (Å²) in [6.07, 6.45) is 3.74. The highest BCUT2D eigenvalue weighted by Gasteiger charge is 2.20. The molecule has 2 heterocycles. The minimum absolute atomic E-state index is 0.910. The van der Waals surface area contributed by atoms with Crippen molar-refractivity contribution in [1.82, 2.24) is 4.98 Å². The highest BCUT2D eigenvalue weighted by Crippen LogP contribution is 2.46. The van der Waals surface area contributed by atoms with E-state index in [1.165, 1.54) is 114 Å². The lowest BCUT2D eigenvalue weighted by molar-refractivity contribution is 0.673. The van der Waals surface area contributed by atoms with E-state index in [2.05, 4.69) is 193 Å². The molecule has 12 aromatic carbocycles. The second-order valence-corrected chi connectivity index (χ2v) is 16.6. The van der Waals surface area contributed by atoms with Crippen LogP contribution in [0.5, 0.6) is 0 Å². The van der Waals surface area contributed by atoms with Crippen molar-refractivity contribution in [2.24, 2.45) is 0 Å². The molecule has 0 saturated carbocycles. The molecule has 0 spiro atoms. The maximum atomic E-state index is 6.98. The van der Waals surface area contributed by atoms with Crippen molar-refractivity contribution in [3.8, 4) is 33.4 Å². The zero-order chi connectivity index (χ0) is 39.8. The fourth-order valence-electron chi connectivity index (χ4n) is 10.6. The van der Waals surface area contributed by atoms with Crippen molar-refractivity contribution in [2.45, 2.75) is 0 Å². The Morgan fingerprint density at radius 3 is 1.67 bits per heavy atom. The topological polar surface area (TPSA) is 26.0 Å². The van der Waals surface area contributed by atoms with Gasteiger partial charge in [-0.15, -0.1) is 0 Å². The molecule has 280 valence electrons. The Hall–Kier alpha value is -8.07. The zero-order valence-corrected chi connectivity index (χ0v) is 32.9. The monoisotopic (exact) mass is 771 g/mol. The molecule has 2 nitrogen and oxygen atoms in total. The molecule has 0 radical (unpaired) electrons. The van der Waals surface area contributed by atoms with Gasteiger partial charge in [-0.1, -0.05) is 140 Å². The number of benzene rings is 12. The highest BCUT2D eigenvalue weighted by molar-refractivity contribution is 6.34. The average molecular weight is 772 g/mol. The van der Waals surface area contributed by atoms with Crippen LogP contribution in [0.25, 0.3) is 141 Å². The second-order valence-electron chi connectivity index (χ2n) is 16.6. The van der Waals surface area contributed by atoms with E-state index in [9.17, 15) is 0 Å². The third kappa shape index (κ3) is 4.65. The van der Waals surface area contributed by atoms with E-state index in [1.807, 2.05) is 12.4 Å². The molecule has 0 saturated heterocycles. The molecular formula is C59H33NO. The summed E-state index contributed by atoms with van der Waals surface area (Å²) in [5.41, 5.74) is 9.12. The maximum Gasteiger partial charge on any atom is 0.143 e. The fourth-order valence-corrected chi connectivity index (χ4v) is 10.6. The molecule has 0 atom stereocenters. The molecule has 0 aliphatic rings. The van der Waals surface area contributed by atoms with Crippen LogP contribution in [0.3, 0.4) is 0 Å². The van der Waals surface area contributed by atoms with E-state index in [1.54, 1.807) is 0 Å². The van der Waals surface area contributed by atoms with Gasteiger partial charge in [0.1, 0.15) is 11.2 Å². The predicted octanol–water partition coefficient (Wildman–Crippen LogP) is 16.6. The number of fused-ring (bicyclic) bond motifs is 13. The molecule has 14 rings (SSSR count). The number of hydrogen-bond donors (Lipinski definition) is 0. The third-order valence-electron chi connectivity index (χ3n) is 13.5. The summed E-state index contributed by atoms with van der Waals surface area (Å²) in [5.74, 6) is 0. The van der Waals surface area contributed by atoms with Gasteiger partial charge < -0.3 is 4.42 Å². The Kier molecular flexibility index (Phi) is 6.59. The summed E-state index contributed by atoms with van der Waals surface area (Å²) in [5, 5.41) is 22.2. The van der Waals surface area contributed by atoms with Gasteiger partial charge in [-0.3, -0.25) is 4.98 Å². The van der Waals surface area contributed by atoms with Gasteiger partial charge in [-0.2, -0.15) is 0 Å². The van der Waals surface area contributed by atoms with E-state index in [0.717, 1.165) is 27.3 Å². The molecule has 0 fully saturated rings. The number of nitrogens with zero attached hydrogens (tertiary/aromatic N) is 1. The molecule has 2 aromatic heterocycles. The van der Waals surface area contributed by atoms with Crippen LogP contribution < -0.4 is 0 Å². The first kappa shape index (κ1) is 32.8. The summed E-state index contributed by atoms with van der Waals surface area (Å²) < 4.78 is 6.98. The summed E-state index contributed by atoms with van der Waals surface area (Å²) in [6, 6.07) is 69.5. The lowest BCUT2D eigenvalue weighted by atomic mass is 9.88. The minimum Gasteiger partial charge on any atom is -0.455 e. The number of pyridine rings is 1. The molecule has 14 aromatic rings. The summed E-state index contributed by atoms with van der Waals surface area (Å²) in [6.45, 7) is 0. The van der Waals surface area contributed by atoms with Crippen molar-refractivity contribution in [2.75, 3.05) is 0 Å². The Morgan fingerprint density at radius 1 is 0.279 bits per heavy atom. The fraction of sp³-hybridized carbons (Fsp3) is 0. The zero-order valence-electron chi connectivity index (χ0n) is 32.9. The highest BCUT2D eigenvalue weighted by atomic mass is 16.3. The first-order chi connectivity index (χ1) is 30.2. The smallest absolute Gasteiger partial charge is 0.143 e. The van der Waals surface area contributed by atoms with Crippen LogP contribution in [-0.2, 0) is 0 Å². The largest absolute Gasteiger partial charge is 0.455 e. The Balaban J connectivity index is 0.941. The quantitative estimate of drug-likeness (QED) is 0.167. The Morgan fingerprint density at radius 2 is 0.852 bits per heavy atom. The van der Waals surface area contributed by atoms with Gasteiger partial charge in [0.25, 0.3) is 0 Å². The molecule has 0 aliphatic carbocycles. The van der Waals surface area contributed by atoms with Crippen molar-refractivity contribution < 1.29 is 4.42 Å². The molecule has 0 unspecified atom stereocenters. The predicted molar refractivity (Wildman–Crippen MR) is 259 cm³/mol. The van der Waals surface area contributed by atoms with E-state index in [-0.39, 0.29) is 0 Å². The van der Waals surface area contributed by atoms with E-state index >= 15 is 0 Å². The molecule has 0 amide bonds. The molecular weight excluding hydrogens is 739 g/mol. The molecule has 0 bridgehead atoms. The first-order valence-corrected chi connectivity index (χ1v) is 21.0. The standard InChI is InChI=1S/C59H33NO/c1-2-8-41-39(7-1)30-50(44-10-4-3-9-43(41)44)35-15-13-34(14-16-35)38-19-22-47-51(29-38)45-11-5-6-12-46(45)52-32-54-55-31-40-20-23-48-42(36-25-27-60-28-26-36)21-17-37-18-24-49(58(40)57(37)48)59(55)61-56(54)33-53(47)52/h1-33H. The van der Waals surface area contributed by atoms with Crippen LogP contribution in [0, 0.1) is 0 Å². The van der Waals surface area contributed by atoms with E-state index in [0.29, 0.717) is 0 Å². The van der Waals surface area contributed by atoms with Gasteiger partial charge in [0, 0.05) is 33.9 Å². The van der Waals surface area contributed by atoms with Crippen molar-refractivity contribution in [1.29, 1.82) is 0 Å². The minimum atomic E-state index is 0.910. The SMILES string of the molecule is c1ccc2c(c1)cc(-c1ccc(-c3ccc4c(c3)c3ccccc3c3cc5c(cc43)oc3c5cc4ccc5c(-c6ccncc6)ccc6ccc3c4c65)cc1)c1ccccc12. The van der Waals surface area contributed by atoms with E-state index < -0.39 is 0 Å². The average Bonchev–Trinajstić information content (AvgIpc) is 3.69. The molecule has 0 aliphatic heterocycles. The summed E-state index contributed by atoms with van der Waals surface area (Å²) in [7, 11) is 0. The van der Waals surface area contributed by atoms with Crippen molar-refractivity contribution >= 4 is 108 Å². The molecule has 0 N–H and O–H groups in total. The van der Waals surface area contributed by atoms with Gasteiger partial charge in [-0.25, -0.2) is 0 Å². The molecule has 61 heavy (non-hydrogen) atoms. The first-order valence-electron chi connectivity index (χ1n) is 21.0. The lowest BCUT2D eigenvalue weighted by Gasteiger charge is -2.14. The lowest BCUT2D eigenvalue weighted by Crippen LogP contribution is -1.88. The Bertz CT molecular complexity index is 4140. The third-order valence-corrected chi connectivity index (χ3v) is 13.5. The van der Waals surface area contributed by atoms with Crippen LogP contribution in [0.2, 0.25) is 0 Å². The summed E-state index contributed by atoms with van der Waals surface area (Å²) >= 11 is 0. The van der Waals surface area contributed by atoms with Gasteiger partial charge in [0.2, 0.25) is 0 Å². The number of aromatic nitrogens is 1. The van der Waals surface area contributed by atoms with Gasteiger partial charge in [-0.05, 0) is 157 Å². The van der Waals surface area contributed by atoms with Crippen LogP contribution >= 0.6 is 0 Å². The van der Waals surface area contributed by atoms with Crippen molar-refractivity contribution in [3.05, 3.63) is 200 Å².